The number of likely N-dealkylation sites (N-methyl/N-ethyl adjacent to an activating group) is 1. The van der Waals surface area contributed by atoms with Gasteiger partial charge in [-0.25, -0.2) is 4.79 Å². The van der Waals surface area contributed by atoms with Crippen molar-refractivity contribution >= 4 is 5.97 Å². The number of hydrogen-bond acceptors (Lipinski definition) is 2. The molecule has 0 radical (unpaired) electrons. The second kappa shape index (κ2) is 6.01. The van der Waals surface area contributed by atoms with Gasteiger partial charge >= 0.3 is 5.97 Å². The first-order valence-corrected chi connectivity index (χ1v) is 6.70. The summed E-state index contributed by atoms with van der Waals surface area (Å²) in [7, 11) is 2.15. The number of carboxylic acid groups (broad SMARTS) is 1. The standard InChI is InChI=1S/C15H21NO2/c1-16(13-7-3-4-8-13)11-10-12-6-2-5-9-14(12)15(17)18/h2,5-6,9,13H,3-4,7-8,10-11H2,1H3,(H,17,18). The van der Waals surface area contributed by atoms with Crippen LogP contribution in [0.5, 0.6) is 0 Å². The quantitative estimate of drug-likeness (QED) is 0.869. The van der Waals surface area contributed by atoms with Crippen LogP contribution < -0.4 is 0 Å². The summed E-state index contributed by atoms with van der Waals surface area (Å²) in [5.74, 6) is -0.825. The summed E-state index contributed by atoms with van der Waals surface area (Å²) in [4.78, 5) is 13.5. The summed E-state index contributed by atoms with van der Waals surface area (Å²) < 4.78 is 0. The molecule has 1 aromatic carbocycles. The molecular weight excluding hydrogens is 226 g/mol. The molecule has 98 valence electrons. The molecule has 0 unspecified atom stereocenters. The van der Waals surface area contributed by atoms with Crippen molar-refractivity contribution in [3.8, 4) is 0 Å². The van der Waals surface area contributed by atoms with Gasteiger partial charge in [0.15, 0.2) is 0 Å². The Morgan fingerprint density at radius 2 is 2.00 bits per heavy atom. The molecule has 3 heteroatoms. The fourth-order valence-electron chi connectivity index (χ4n) is 2.77. The zero-order valence-corrected chi connectivity index (χ0v) is 10.9. The molecule has 0 bridgehead atoms. The zero-order chi connectivity index (χ0) is 13.0. The van der Waals surface area contributed by atoms with Crippen LogP contribution in [-0.2, 0) is 6.42 Å². The first kappa shape index (κ1) is 13.1. The lowest BCUT2D eigenvalue weighted by Gasteiger charge is -2.24. The molecule has 0 heterocycles. The topological polar surface area (TPSA) is 40.5 Å². The highest BCUT2D eigenvalue weighted by atomic mass is 16.4. The Balaban J connectivity index is 1.95. The Morgan fingerprint density at radius 3 is 2.67 bits per heavy atom. The minimum absolute atomic E-state index is 0.442. The maximum absolute atomic E-state index is 11.1. The van der Waals surface area contributed by atoms with Crippen molar-refractivity contribution in [2.45, 2.75) is 38.1 Å². The lowest BCUT2D eigenvalue weighted by Crippen LogP contribution is -2.31. The lowest BCUT2D eigenvalue weighted by molar-refractivity contribution is 0.0695. The first-order chi connectivity index (χ1) is 8.68. The van der Waals surface area contributed by atoms with Gasteiger partial charge in [-0.2, -0.15) is 0 Å². The summed E-state index contributed by atoms with van der Waals surface area (Å²) in [6, 6.07) is 8.01. The van der Waals surface area contributed by atoms with Crippen LogP contribution in [0.1, 0.15) is 41.6 Å². The van der Waals surface area contributed by atoms with Gasteiger partial charge in [0.05, 0.1) is 5.56 Å². The summed E-state index contributed by atoms with van der Waals surface area (Å²) in [6.45, 7) is 0.939. The second-order valence-electron chi connectivity index (χ2n) is 5.13. The van der Waals surface area contributed by atoms with Crippen molar-refractivity contribution < 1.29 is 9.90 Å². The van der Waals surface area contributed by atoms with Crippen LogP contribution >= 0.6 is 0 Å². The molecule has 0 amide bonds. The Bertz CT molecular complexity index is 411. The number of carbonyl (C=O) groups is 1. The summed E-state index contributed by atoms with van der Waals surface area (Å²) in [6.07, 6.45) is 6.06. The average molecular weight is 247 g/mol. The van der Waals surface area contributed by atoms with Crippen LogP contribution in [0.3, 0.4) is 0 Å². The molecule has 0 atom stereocenters. The monoisotopic (exact) mass is 247 g/mol. The molecule has 18 heavy (non-hydrogen) atoms. The van der Waals surface area contributed by atoms with E-state index in [0.29, 0.717) is 11.6 Å². The van der Waals surface area contributed by atoms with Crippen LogP contribution in [0.25, 0.3) is 0 Å². The van der Waals surface area contributed by atoms with Gasteiger partial charge in [0, 0.05) is 12.6 Å². The average Bonchev–Trinajstić information content (AvgIpc) is 2.90. The minimum Gasteiger partial charge on any atom is -0.478 e. The molecule has 1 aromatic rings. The Kier molecular flexibility index (Phi) is 4.37. The highest BCUT2D eigenvalue weighted by molar-refractivity contribution is 5.89. The van der Waals surface area contributed by atoms with Crippen LogP contribution in [0.2, 0.25) is 0 Å². The Hall–Kier alpha value is -1.35. The molecule has 3 nitrogen and oxygen atoms in total. The fourth-order valence-corrected chi connectivity index (χ4v) is 2.77. The maximum atomic E-state index is 11.1. The number of benzene rings is 1. The van der Waals surface area contributed by atoms with E-state index in [-0.39, 0.29) is 0 Å². The molecular formula is C15H21NO2. The van der Waals surface area contributed by atoms with E-state index in [2.05, 4.69) is 11.9 Å². The van der Waals surface area contributed by atoms with Gasteiger partial charge in [-0.05, 0) is 37.9 Å². The molecule has 1 aliphatic rings. The van der Waals surface area contributed by atoms with E-state index in [9.17, 15) is 4.79 Å². The van der Waals surface area contributed by atoms with Crippen LogP contribution in [0.15, 0.2) is 24.3 Å². The third kappa shape index (κ3) is 3.10. The summed E-state index contributed by atoms with van der Waals surface area (Å²) in [5, 5.41) is 9.13. The van der Waals surface area contributed by atoms with E-state index in [1.807, 2.05) is 12.1 Å². The van der Waals surface area contributed by atoms with Crippen molar-refractivity contribution in [2.75, 3.05) is 13.6 Å². The second-order valence-corrected chi connectivity index (χ2v) is 5.13. The van der Waals surface area contributed by atoms with Crippen LogP contribution in [0, 0.1) is 0 Å². The van der Waals surface area contributed by atoms with E-state index < -0.39 is 5.97 Å². The van der Waals surface area contributed by atoms with Gasteiger partial charge in [0.1, 0.15) is 0 Å². The zero-order valence-electron chi connectivity index (χ0n) is 10.9. The Morgan fingerprint density at radius 1 is 1.33 bits per heavy atom. The molecule has 1 saturated carbocycles. The van der Waals surface area contributed by atoms with E-state index in [0.717, 1.165) is 18.5 Å². The fraction of sp³-hybridized carbons (Fsp3) is 0.533. The normalized spacial score (nSPS) is 16.3. The molecule has 1 fully saturated rings. The maximum Gasteiger partial charge on any atom is 0.335 e. The van der Waals surface area contributed by atoms with Crippen molar-refractivity contribution in [3.05, 3.63) is 35.4 Å². The number of carboxylic acids is 1. The van der Waals surface area contributed by atoms with Gasteiger partial charge in [0.25, 0.3) is 0 Å². The third-order valence-corrected chi connectivity index (χ3v) is 3.93. The SMILES string of the molecule is CN(CCc1ccccc1C(=O)O)C1CCCC1. The molecule has 0 saturated heterocycles. The van der Waals surface area contributed by atoms with Gasteiger partial charge in [0.2, 0.25) is 0 Å². The molecule has 0 aromatic heterocycles. The van der Waals surface area contributed by atoms with Gasteiger partial charge in [-0.3, -0.25) is 0 Å². The van der Waals surface area contributed by atoms with E-state index >= 15 is 0 Å². The highest BCUT2D eigenvalue weighted by Gasteiger charge is 2.19. The predicted molar refractivity (Wildman–Crippen MR) is 72.0 cm³/mol. The van der Waals surface area contributed by atoms with Crippen molar-refractivity contribution in [2.24, 2.45) is 0 Å². The smallest absolute Gasteiger partial charge is 0.335 e. The van der Waals surface area contributed by atoms with E-state index in [4.69, 9.17) is 5.11 Å². The van der Waals surface area contributed by atoms with Crippen LogP contribution in [-0.4, -0.2) is 35.6 Å². The van der Waals surface area contributed by atoms with Gasteiger partial charge in [-0.15, -0.1) is 0 Å². The largest absolute Gasteiger partial charge is 0.478 e. The van der Waals surface area contributed by atoms with E-state index in [1.54, 1.807) is 12.1 Å². The van der Waals surface area contributed by atoms with Crippen molar-refractivity contribution in [3.63, 3.8) is 0 Å². The molecule has 0 aliphatic heterocycles. The highest BCUT2D eigenvalue weighted by Crippen LogP contribution is 2.22. The minimum atomic E-state index is -0.825. The molecule has 2 rings (SSSR count). The van der Waals surface area contributed by atoms with Gasteiger partial charge in [-0.1, -0.05) is 31.0 Å². The Labute approximate surface area is 108 Å². The number of aromatic carboxylic acids is 1. The number of nitrogens with zero attached hydrogens (tertiary/aromatic N) is 1. The predicted octanol–water partition coefficient (Wildman–Crippen LogP) is 2.80. The molecule has 1 N–H and O–H groups in total. The van der Waals surface area contributed by atoms with Gasteiger partial charge < -0.3 is 10.0 Å². The number of hydrogen-bond donors (Lipinski definition) is 1. The molecule has 1 aliphatic carbocycles. The summed E-state index contributed by atoms with van der Waals surface area (Å²) in [5.41, 5.74) is 1.38. The molecule has 0 spiro atoms. The lowest BCUT2D eigenvalue weighted by atomic mass is 10.0. The van der Waals surface area contributed by atoms with Crippen LogP contribution in [0.4, 0.5) is 0 Å². The summed E-state index contributed by atoms with van der Waals surface area (Å²) >= 11 is 0. The third-order valence-electron chi connectivity index (χ3n) is 3.93. The van der Waals surface area contributed by atoms with Crippen molar-refractivity contribution in [1.82, 2.24) is 4.90 Å². The van der Waals surface area contributed by atoms with Crippen molar-refractivity contribution in [1.29, 1.82) is 0 Å². The number of rotatable bonds is 5. The van der Waals surface area contributed by atoms with E-state index in [1.165, 1.54) is 25.7 Å². The first-order valence-electron chi connectivity index (χ1n) is 6.70.